The van der Waals surface area contributed by atoms with Crippen molar-refractivity contribution in [3.05, 3.63) is 23.3 Å². The van der Waals surface area contributed by atoms with E-state index < -0.39 is 0 Å². The molecule has 0 bridgehead atoms. The average Bonchev–Trinajstić information content (AvgIpc) is 3.49. The number of esters is 1. The number of carbonyl (C=O) groups excluding carboxylic acids is 1. The number of nitrogens with zero attached hydrogens (tertiary/aromatic N) is 1. The summed E-state index contributed by atoms with van der Waals surface area (Å²) in [6.45, 7) is 5.91. The predicted molar refractivity (Wildman–Crippen MR) is 119 cm³/mol. The lowest BCUT2D eigenvalue weighted by Gasteiger charge is -2.51. The Bertz CT molecular complexity index is 927. The Morgan fingerprint density at radius 3 is 2.62 bits per heavy atom. The molecule has 6 rings (SSSR count). The van der Waals surface area contributed by atoms with Crippen molar-refractivity contribution in [2.75, 3.05) is 33.9 Å². The average molecular weight is 442 g/mol. The molecule has 2 saturated carbocycles. The number of hydrogen-bond donors (Lipinski definition) is 0. The number of carbonyl (C=O) groups is 1. The van der Waals surface area contributed by atoms with Crippen molar-refractivity contribution in [1.82, 2.24) is 4.90 Å². The van der Waals surface area contributed by atoms with Gasteiger partial charge in [0.15, 0.2) is 11.5 Å². The molecule has 2 saturated heterocycles. The van der Waals surface area contributed by atoms with Crippen LogP contribution in [0.15, 0.2) is 12.1 Å². The highest BCUT2D eigenvalue weighted by Gasteiger charge is 2.65. The van der Waals surface area contributed by atoms with Gasteiger partial charge in [-0.05, 0) is 73.1 Å². The number of benzene rings is 1. The second kappa shape index (κ2) is 7.36. The Morgan fingerprint density at radius 2 is 1.91 bits per heavy atom. The van der Waals surface area contributed by atoms with Crippen LogP contribution < -0.4 is 9.47 Å². The van der Waals surface area contributed by atoms with E-state index >= 15 is 0 Å². The van der Waals surface area contributed by atoms with E-state index in [-0.39, 0.29) is 29.0 Å². The zero-order valence-electron chi connectivity index (χ0n) is 19.5. The highest BCUT2D eigenvalue weighted by atomic mass is 16.6. The minimum absolute atomic E-state index is 0.0196. The quantitative estimate of drug-likeness (QED) is 0.526. The van der Waals surface area contributed by atoms with Crippen LogP contribution in [-0.2, 0) is 27.2 Å². The minimum Gasteiger partial charge on any atom is -0.493 e. The molecule has 6 atom stereocenters. The van der Waals surface area contributed by atoms with Crippen LogP contribution >= 0.6 is 0 Å². The van der Waals surface area contributed by atoms with Gasteiger partial charge in [0.1, 0.15) is 6.10 Å². The number of ether oxygens (including phenoxy) is 4. The fourth-order valence-electron chi connectivity index (χ4n) is 7.54. The molecule has 6 heteroatoms. The minimum atomic E-state index is -0.0241. The summed E-state index contributed by atoms with van der Waals surface area (Å²) in [5.74, 6) is 2.45. The highest BCUT2D eigenvalue weighted by molar-refractivity contribution is 5.75. The predicted octanol–water partition coefficient (Wildman–Crippen LogP) is 3.59. The van der Waals surface area contributed by atoms with Crippen molar-refractivity contribution in [1.29, 1.82) is 0 Å². The van der Waals surface area contributed by atoms with Crippen LogP contribution in [0.25, 0.3) is 0 Å². The zero-order chi connectivity index (χ0) is 22.1. The van der Waals surface area contributed by atoms with Crippen molar-refractivity contribution < 1.29 is 23.7 Å². The van der Waals surface area contributed by atoms with Crippen LogP contribution in [0.3, 0.4) is 0 Å². The second-order valence-electron chi connectivity index (χ2n) is 11.1. The SMILES string of the molecule is COc1cc2c(cc1OC)CN(CC1C(=O)O[C@@H]3C[C@@]4(C)CCCC5(CO5)C4C[C@H]13)CC2. The molecule has 6 nitrogen and oxygen atoms in total. The third-order valence-electron chi connectivity index (χ3n) is 9.33. The van der Waals surface area contributed by atoms with Gasteiger partial charge in [0, 0.05) is 25.6 Å². The topological polar surface area (TPSA) is 60.5 Å². The van der Waals surface area contributed by atoms with E-state index in [1.165, 1.54) is 30.4 Å². The fourth-order valence-corrected chi connectivity index (χ4v) is 7.54. The summed E-state index contributed by atoms with van der Waals surface area (Å²) in [5.41, 5.74) is 2.94. The van der Waals surface area contributed by atoms with Crippen LogP contribution in [0.2, 0.25) is 0 Å². The van der Waals surface area contributed by atoms with Gasteiger partial charge in [0.25, 0.3) is 0 Å². The Labute approximate surface area is 190 Å². The molecule has 3 aliphatic heterocycles. The number of methoxy groups -OCH3 is 2. The molecule has 0 aromatic heterocycles. The first-order valence-electron chi connectivity index (χ1n) is 12.3. The Hall–Kier alpha value is -1.79. The van der Waals surface area contributed by atoms with Crippen molar-refractivity contribution in [2.45, 2.75) is 63.7 Å². The van der Waals surface area contributed by atoms with Gasteiger partial charge in [-0.3, -0.25) is 9.69 Å². The van der Waals surface area contributed by atoms with Crippen LogP contribution in [0.1, 0.15) is 50.2 Å². The lowest BCUT2D eigenvalue weighted by atomic mass is 9.53. The molecule has 2 aliphatic carbocycles. The molecule has 174 valence electrons. The van der Waals surface area contributed by atoms with Crippen LogP contribution in [-0.4, -0.2) is 56.5 Å². The van der Waals surface area contributed by atoms with Crippen LogP contribution in [0, 0.1) is 23.2 Å². The number of epoxide rings is 1. The molecule has 1 aromatic rings. The molecule has 3 heterocycles. The maximum absolute atomic E-state index is 13.0. The van der Waals surface area contributed by atoms with Gasteiger partial charge < -0.3 is 18.9 Å². The van der Waals surface area contributed by atoms with Gasteiger partial charge in [-0.25, -0.2) is 0 Å². The normalized spacial score (nSPS) is 40.3. The van der Waals surface area contributed by atoms with Gasteiger partial charge in [-0.1, -0.05) is 6.92 Å². The summed E-state index contributed by atoms with van der Waals surface area (Å²) in [6.07, 6.45) is 6.81. The molecule has 1 aromatic carbocycles. The van der Waals surface area contributed by atoms with E-state index in [0.717, 1.165) is 57.0 Å². The Balaban J connectivity index is 1.19. The molecule has 5 aliphatic rings. The van der Waals surface area contributed by atoms with Gasteiger partial charge in [-0.2, -0.15) is 0 Å². The standard InChI is InChI=1S/C26H35NO5/c1-25-6-4-7-26(15-31-26)23(25)11-18-19(24(28)32-22(18)12-25)14-27-8-5-16-9-20(29-2)21(30-3)10-17(16)13-27/h9-10,18-19,22-23H,4-8,11-15H2,1-3H3/t18-,19?,22-,23?,25-,26?/m1/s1. The summed E-state index contributed by atoms with van der Waals surface area (Å²) < 4.78 is 23.1. The third kappa shape index (κ3) is 3.17. The van der Waals surface area contributed by atoms with E-state index in [1.54, 1.807) is 14.2 Å². The first kappa shape index (κ1) is 20.8. The molecule has 0 radical (unpaired) electrons. The van der Waals surface area contributed by atoms with Crippen LogP contribution in [0.5, 0.6) is 11.5 Å². The van der Waals surface area contributed by atoms with Crippen molar-refractivity contribution in [3.63, 3.8) is 0 Å². The summed E-state index contributed by atoms with van der Waals surface area (Å²) in [5, 5.41) is 0. The molecule has 1 spiro atoms. The zero-order valence-corrected chi connectivity index (χ0v) is 19.5. The van der Waals surface area contributed by atoms with E-state index in [4.69, 9.17) is 18.9 Å². The van der Waals surface area contributed by atoms with E-state index in [9.17, 15) is 4.79 Å². The van der Waals surface area contributed by atoms with Gasteiger partial charge in [0.05, 0.1) is 32.3 Å². The molecular formula is C26H35NO5. The summed E-state index contributed by atoms with van der Waals surface area (Å²) in [4.78, 5) is 15.4. The Kier molecular flexibility index (Phi) is 4.78. The lowest BCUT2D eigenvalue weighted by molar-refractivity contribution is -0.147. The monoisotopic (exact) mass is 441 g/mol. The summed E-state index contributed by atoms with van der Waals surface area (Å²) >= 11 is 0. The third-order valence-corrected chi connectivity index (χ3v) is 9.33. The summed E-state index contributed by atoms with van der Waals surface area (Å²) in [6, 6.07) is 4.20. The largest absolute Gasteiger partial charge is 0.493 e. The molecule has 0 N–H and O–H groups in total. The first-order valence-corrected chi connectivity index (χ1v) is 12.3. The fraction of sp³-hybridized carbons (Fsp3) is 0.731. The molecular weight excluding hydrogens is 406 g/mol. The van der Waals surface area contributed by atoms with E-state index in [1.807, 2.05) is 0 Å². The molecule has 0 amide bonds. The first-order chi connectivity index (χ1) is 15.4. The van der Waals surface area contributed by atoms with Crippen molar-refractivity contribution in [2.24, 2.45) is 23.2 Å². The maximum atomic E-state index is 13.0. The van der Waals surface area contributed by atoms with Gasteiger partial charge in [-0.15, -0.1) is 0 Å². The van der Waals surface area contributed by atoms with Crippen molar-refractivity contribution >= 4 is 5.97 Å². The maximum Gasteiger partial charge on any atom is 0.310 e. The Morgan fingerprint density at radius 1 is 1.16 bits per heavy atom. The van der Waals surface area contributed by atoms with Gasteiger partial charge >= 0.3 is 5.97 Å². The lowest BCUT2D eigenvalue weighted by Crippen LogP contribution is -2.51. The van der Waals surface area contributed by atoms with E-state index in [0.29, 0.717) is 11.8 Å². The molecule has 32 heavy (non-hydrogen) atoms. The highest BCUT2D eigenvalue weighted by Crippen LogP contribution is 2.62. The van der Waals surface area contributed by atoms with E-state index in [2.05, 4.69) is 24.0 Å². The van der Waals surface area contributed by atoms with Gasteiger partial charge in [0.2, 0.25) is 0 Å². The second-order valence-corrected chi connectivity index (χ2v) is 11.1. The molecule has 4 fully saturated rings. The smallest absolute Gasteiger partial charge is 0.310 e. The molecule has 3 unspecified atom stereocenters. The van der Waals surface area contributed by atoms with Crippen LogP contribution in [0.4, 0.5) is 0 Å². The number of hydrogen-bond acceptors (Lipinski definition) is 6. The number of fused-ring (bicyclic) bond motifs is 4. The summed E-state index contributed by atoms with van der Waals surface area (Å²) in [7, 11) is 3.36. The number of rotatable bonds is 4. The van der Waals surface area contributed by atoms with Crippen molar-refractivity contribution in [3.8, 4) is 11.5 Å².